The van der Waals surface area contributed by atoms with Crippen LogP contribution in [0.15, 0.2) is 36.9 Å². The smallest absolute Gasteiger partial charge is 0.161 e. The summed E-state index contributed by atoms with van der Waals surface area (Å²) in [5.74, 6) is 3.43. The highest BCUT2D eigenvalue weighted by Gasteiger charge is 2.11. The monoisotopic (exact) mass is 491 g/mol. The van der Waals surface area contributed by atoms with E-state index in [0.717, 1.165) is 44.0 Å². The average molecular weight is 492 g/mol. The molecule has 0 amide bonds. The van der Waals surface area contributed by atoms with E-state index in [-0.39, 0.29) is 0 Å². The highest BCUT2D eigenvalue weighted by Crippen LogP contribution is 2.34. The van der Waals surface area contributed by atoms with Crippen molar-refractivity contribution in [1.29, 1.82) is 0 Å². The molecule has 0 saturated carbocycles. The van der Waals surface area contributed by atoms with Crippen molar-refractivity contribution in [1.82, 2.24) is 4.90 Å². The molecule has 3 rings (SSSR count). The van der Waals surface area contributed by atoms with E-state index in [1.54, 1.807) is 46.6 Å². The summed E-state index contributed by atoms with van der Waals surface area (Å²) in [4.78, 5) is 2.31. The van der Waals surface area contributed by atoms with Crippen LogP contribution in [0, 0.1) is 0 Å². The Morgan fingerprint density at radius 1 is 0.941 bits per heavy atom. The van der Waals surface area contributed by atoms with Gasteiger partial charge in [0.1, 0.15) is 23.9 Å². The van der Waals surface area contributed by atoms with Crippen LogP contribution in [0.25, 0.3) is 6.08 Å². The summed E-state index contributed by atoms with van der Waals surface area (Å²) in [5.41, 5.74) is 1.66. The number of ether oxygens (including phenoxy) is 6. The molecule has 1 aliphatic rings. The van der Waals surface area contributed by atoms with Gasteiger partial charge in [-0.05, 0) is 17.7 Å². The molecule has 1 aliphatic heterocycles. The van der Waals surface area contributed by atoms with Crippen molar-refractivity contribution in [3.8, 4) is 28.7 Å². The average Bonchev–Trinajstić information content (AvgIpc) is 2.89. The zero-order valence-corrected chi connectivity index (χ0v) is 21.0. The van der Waals surface area contributed by atoms with Crippen molar-refractivity contribution in [2.45, 2.75) is 0 Å². The summed E-state index contributed by atoms with van der Waals surface area (Å²) in [6.07, 6.45) is 1.69. The lowest BCUT2D eigenvalue weighted by Gasteiger charge is -2.26. The molecule has 0 spiro atoms. The second-order valence-electron chi connectivity index (χ2n) is 7.08. The Kier molecular flexibility index (Phi) is 12.0. The molecular weight excluding hydrogens is 458 g/mol. The molecule has 0 aliphatic carbocycles. The number of rotatable bonds is 10. The normalized spacial score (nSPS) is 13.1. The van der Waals surface area contributed by atoms with Gasteiger partial charge in [0.15, 0.2) is 11.5 Å². The third-order valence-corrected chi connectivity index (χ3v) is 5.47. The fourth-order valence-electron chi connectivity index (χ4n) is 3.28. The molecule has 0 radical (unpaired) electrons. The first kappa shape index (κ1) is 27.2. The van der Waals surface area contributed by atoms with Gasteiger partial charge in [0, 0.05) is 37.1 Å². The summed E-state index contributed by atoms with van der Waals surface area (Å²) in [6, 6.07) is 9.05. The molecule has 1 fully saturated rings. The Balaban J connectivity index is 0.000000257. The molecule has 2 aromatic rings. The molecule has 186 valence electrons. The molecule has 1 saturated heterocycles. The van der Waals surface area contributed by atoms with Gasteiger partial charge in [-0.25, -0.2) is 4.21 Å². The van der Waals surface area contributed by atoms with Gasteiger partial charge in [-0.2, -0.15) is 0 Å². The van der Waals surface area contributed by atoms with E-state index in [9.17, 15) is 4.21 Å². The van der Waals surface area contributed by atoms with Crippen LogP contribution in [0.1, 0.15) is 11.1 Å². The van der Waals surface area contributed by atoms with Crippen molar-refractivity contribution in [2.24, 2.45) is 0 Å². The van der Waals surface area contributed by atoms with Crippen molar-refractivity contribution >= 4 is 22.7 Å². The zero-order chi connectivity index (χ0) is 24.8. The minimum atomic E-state index is 0.430. The van der Waals surface area contributed by atoms with E-state index in [2.05, 4.69) is 11.5 Å². The zero-order valence-electron chi connectivity index (χ0n) is 20.2. The third-order valence-electron chi connectivity index (χ3n) is 5.10. The molecule has 0 bridgehead atoms. The van der Waals surface area contributed by atoms with Crippen LogP contribution in [-0.4, -0.2) is 82.4 Å². The predicted octanol–water partition coefficient (Wildman–Crippen LogP) is 3.12. The van der Waals surface area contributed by atoms with Gasteiger partial charge in [0.05, 0.1) is 58.5 Å². The number of morpholine rings is 1. The first-order valence-electron chi connectivity index (χ1n) is 10.7. The maximum absolute atomic E-state index is 10.6. The molecule has 8 nitrogen and oxygen atoms in total. The molecular formula is C25H33NO7S. The van der Waals surface area contributed by atoms with Gasteiger partial charge >= 0.3 is 0 Å². The maximum Gasteiger partial charge on any atom is 0.161 e. The lowest BCUT2D eigenvalue weighted by Crippen LogP contribution is -2.38. The summed E-state index contributed by atoms with van der Waals surface area (Å²) in [6.45, 7) is 8.61. The molecule has 34 heavy (non-hydrogen) atoms. The van der Waals surface area contributed by atoms with Gasteiger partial charge in [0.2, 0.25) is 0 Å². The minimum absolute atomic E-state index is 0.430. The number of nitrogens with zero attached hydrogens (tertiary/aromatic N) is 1. The van der Waals surface area contributed by atoms with Crippen molar-refractivity contribution < 1.29 is 32.6 Å². The largest absolute Gasteiger partial charge is 0.496 e. The first-order chi connectivity index (χ1) is 16.6. The number of hydrogen-bond acceptors (Lipinski definition) is 8. The highest BCUT2D eigenvalue weighted by atomic mass is 32.1. The van der Waals surface area contributed by atoms with Crippen LogP contribution in [0.4, 0.5) is 0 Å². The Morgan fingerprint density at radius 3 is 2.12 bits per heavy atom. The number of methoxy groups -OCH3 is 4. The molecule has 0 unspecified atom stereocenters. The molecule has 0 N–H and O–H groups in total. The van der Waals surface area contributed by atoms with E-state index in [0.29, 0.717) is 46.6 Å². The summed E-state index contributed by atoms with van der Waals surface area (Å²) in [7, 11) is 6.40. The SMILES string of the molecule is C=Cc1c(OC)cc(OC)cc1OC.COc1ccc(C=S=O)cc1OCCN1CCOCC1. The van der Waals surface area contributed by atoms with Crippen molar-refractivity contribution in [3.05, 3.63) is 48.0 Å². The van der Waals surface area contributed by atoms with Gasteiger partial charge in [-0.1, -0.05) is 18.7 Å². The second kappa shape index (κ2) is 15.0. The quantitative estimate of drug-likeness (QED) is 0.470. The Morgan fingerprint density at radius 2 is 1.59 bits per heavy atom. The molecule has 9 heteroatoms. The van der Waals surface area contributed by atoms with Crippen molar-refractivity contribution in [2.75, 3.05) is 67.9 Å². The van der Waals surface area contributed by atoms with Gasteiger partial charge < -0.3 is 28.4 Å². The van der Waals surface area contributed by atoms with Gasteiger partial charge in [-0.15, -0.1) is 0 Å². The minimum Gasteiger partial charge on any atom is -0.496 e. The van der Waals surface area contributed by atoms with E-state index in [1.165, 1.54) is 5.37 Å². The van der Waals surface area contributed by atoms with Crippen molar-refractivity contribution in [3.63, 3.8) is 0 Å². The Bertz CT molecular complexity index is 945. The van der Waals surface area contributed by atoms with E-state index in [1.807, 2.05) is 18.2 Å². The Hall–Kier alpha value is -3.01. The Labute approximate surface area is 205 Å². The van der Waals surface area contributed by atoms with Crippen LogP contribution in [0.3, 0.4) is 0 Å². The predicted molar refractivity (Wildman–Crippen MR) is 135 cm³/mol. The molecule has 0 atom stereocenters. The summed E-state index contributed by atoms with van der Waals surface area (Å²) >= 11 is 0.430. The topological polar surface area (TPSA) is 75.7 Å². The fourth-order valence-corrected chi connectivity index (χ4v) is 3.54. The highest BCUT2D eigenvalue weighted by molar-refractivity contribution is 7.65. The van der Waals surface area contributed by atoms with Gasteiger partial charge in [-0.3, -0.25) is 4.90 Å². The number of hydrogen-bond donors (Lipinski definition) is 0. The lowest BCUT2D eigenvalue weighted by molar-refractivity contribution is 0.0321. The number of benzene rings is 2. The van der Waals surface area contributed by atoms with Crippen LogP contribution in [-0.2, 0) is 16.0 Å². The standard InChI is InChI=1S/C14H19NO4S.C11H14O3/c1-17-13-3-2-12(11-20-16)10-14(13)19-9-6-15-4-7-18-8-5-15;1-5-9-10(13-3)6-8(12-2)7-11(9)14-4/h2-3,10-11H,4-9H2,1H3;5-7H,1H2,2-4H3. The summed E-state index contributed by atoms with van der Waals surface area (Å²) in [5, 5.41) is 1.54. The second-order valence-corrected chi connectivity index (χ2v) is 7.50. The summed E-state index contributed by atoms with van der Waals surface area (Å²) < 4.78 is 42.4. The lowest BCUT2D eigenvalue weighted by atomic mass is 10.1. The van der Waals surface area contributed by atoms with Crippen LogP contribution in [0.5, 0.6) is 28.7 Å². The van der Waals surface area contributed by atoms with Gasteiger partial charge in [0.25, 0.3) is 0 Å². The third kappa shape index (κ3) is 8.09. The van der Waals surface area contributed by atoms with E-state index in [4.69, 9.17) is 28.4 Å². The molecule has 0 aromatic heterocycles. The maximum atomic E-state index is 10.6. The van der Waals surface area contributed by atoms with E-state index < -0.39 is 0 Å². The van der Waals surface area contributed by atoms with Crippen LogP contribution in [0.2, 0.25) is 0 Å². The molecule has 1 heterocycles. The van der Waals surface area contributed by atoms with E-state index >= 15 is 0 Å². The first-order valence-corrected chi connectivity index (χ1v) is 11.6. The fraction of sp³-hybridized carbons (Fsp3) is 0.400. The van der Waals surface area contributed by atoms with Crippen LogP contribution < -0.4 is 23.7 Å². The van der Waals surface area contributed by atoms with Crippen LogP contribution >= 0.6 is 0 Å². The molecule has 2 aromatic carbocycles.